The van der Waals surface area contributed by atoms with Gasteiger partial charge in [-0.3, -0.25) is 9.69 Å². The van der Waals surface area contributed by atoms with Gasteiger partial charge in [0, 0.05) is 60.8 Å². The number of carbonyl (C=O) groups is 1. The fourth-order valence-corrected chi connectivity index (χ4v) is 5.93. The summed E-state index contributed by atoms with van der Waals surface area (Å²) in [6.07, 6.45) is -3.73. The van der Waals surface area contributed by atoms with Gasteiger partial charge >= 0.3 is 6.18 Å². The topological polar surface area (TPSA) is 56.7 Å². The minimum atomic E-state index is -4.42. The molecule has 1 aromatic heterocycles. The van der Waals surface area contributed by atoms with E-state index in [9.17, 15) is 27.5 Å². The lowest BCUT2D eigenvalue weighted by molar-refractivity contribution is -0.137. The lowest BCUT2D eigenvalue weighted by atomic mass is 10.0. The third-order valence-corrected chi connectivity index (χ3v) is 8.48. The van der Waals surface area contributed by atoms with Crippen LogP contribution < -0.4 is 4.90 Å². The maximum atomic E-state index is 13.3. The number of nitrogens with zero attached hydrogens (tertiary/aromatic N) is 3. The van der Waals surface area contributed by atoms with Crippen molar-refractivity contribution in [1.82, 2.24) is 9.88 Å². The lowest BCUT2D eigenvalue weighted by Crippen LogP contribution is -2.46. The van der Waals surface area contributed by atoms with Crippen LogP contribution in [0, 0.1) is 12.7 Å². The smallest absolute Gasteiger partial charge is 0.416 e. The van der Waals surface area contributed by atoms with Crippen molar-refractivity contribution in [3.63, 3.8) is 0 Å². The zero-order valence-corrected chi connectivity index (χ0v) is 23.2. The molecule has 5 nitrogen and oxygen atoms in total. The molecule has 0 amide bonds. The number of ketones is 1. The lowest BCUT2D eigenvalue weighted by Gasteiger charge is -2.36. The molecule has 0 spiro atoms. The Morgan fingerprint density at radius 1 is 0.976 bits per heavy atom. The van der Waals surface area contributed by atoms with Crippen LogP contribution >= 0.6 is 11.3 Å². The Hall–Kier alpha value is -3.76. The molecular weight excluding hydrogens is 554 g/mol. The minimum Gasteiger partial charge on any atom is -0.508 e. The van der Waals surface area contributed by atoms with Gasteiger partial charge in [-0.25, -0.2) is 9.37 Å². The van der Waals surface area contributed by atoms with Gasteiger partial charge in [-0.2, -0.15) is 13.2 Å². The van der Waals surface area contributed by atoms with E-state index in [2.05, 4.69) is 9.80 Å². The SMILES string of the molecule is Cc1cc(C(=O)CCc2sc(-c3ccc(C(F)(F)F)cc3)nc2CN2CCN(c3ccc(F)cc3)CC2)ccc1O. The molecular formula is C31H29F4N3O2S. The summed E-state index contributed by atoms with van der Waals surface area (Å²) in [4.78, 5) is 23.1. The summed E-state index contributed by atoms with van der Waals surface area (Å²) in [5.41, 5.74) is 2.80. The number of aromatic nitrogens is 1. The molecule has 0 bridgehead atoms. The molecule has 1 fully saturated rings. The number of Topliss-reactive ketones (excluding diaryl/α,β-unsaturated/α-hetero) is 1. The van der Waals surface area contributed by atoms with Crippen molar-refractivity contribution in [2.24, 2.45) is 0 Å². The number of benzene rings is 3. The molecule has 0 atom stereocenters. The van der Waals surface area contributed by atoms with Crippen molar-refractivity contribution >= 4 is 22.8 Å². The molecule has 214 valence electrons. The highest BCUT2D eigenvalue weighted by atomic mass is 32.1. The minimum absolute atomic E-state index is 0.0588. The van der Waals surface area contributed by atoms with E-state index in [0.717, 1.165) is 54.6 Å². The molecule has 5 rings (SSSR count). The van der Waals surface area contributed by atoms with E-state index in [0.29, 0.717) is 34.7 Å². The number of anilines is 1. The molecule has 10 heteroatoms. The number of hydrogen-bond donors (Lipinski definition) is 1. The first-order valence-electron chi connectivity index (χ1n) is 13.3. The van der Waals surface area contributed by atoms with Crippen LogP contribution in [0.5, 0.6) is 5.75 Å². The van der Waals surface area contributed by atoms with Crippen molar-refractivity contribution < 1.29 is 27.5 Å². The van der Waals surface area contributed by atoms with Gasteiger partial charge in [0.1, 0.15) is 16.6 Å². The number of aryl methyl sites for hydroxylation is 2. The van der Waals surface area contributed by atoms with Gasteiger partial charge in [0.25, 0.3) is 0 Å². The number of hydrogen-bond acceptors (Lipinski definition) is 6. The second-order valence-corrected chi connectivity index (χ2v) is 11.2. The maximum Gasteiger partial charge on any atom is 0.416 e. The second kappa shape index (κ2) is 12.0. The summed E-state index contributed by atoms with van der Waals surface area (Å²) in [7, 11) is 0. The molecule has 1 N–H and O–H groups in total. The summed E-state index contributed by atoms with van der Waals surface area (Å²) in [6.45, 7) is 5.33. The van der Waals surface area contributed by atoms with Crippen LogP contribution in [-0.4, -0.2) is 47.0 Å². The third-order valence-electron chi connectivity index (χ3n) is 7.27. The first-order valence-corrected chi connectivity index (χ1v) is 14.1. The van der Waals surface area contributed by atoms with E-state index in [1.54, 1.807) is 31.2 Å². The summed E-state index contributed by atoms with van der Waals surface area (Å²) >= 11 is 1.40. The van der Waals surface area contributed by atoms with E-state index in [1.165, 1.54) is 41.7 Å². The fourth-order valence-electron chi connectivity index (χ4n) is 4.86. The molecule has 4 aromatic rings. The quantitative estimate of drug-likeness (QED) is 0.177. The van der Waals surface area contributed by atoms with Gasteiger partial charge in [0.05, 0.1) is 11.3 Å². The standard InChI is InChI=1S/C31H29F4N3O2S/c1-20-18-22(4-11-27(20)39)28(40)12-13-29-26(36-30(41-29)21-2-5-23(6-3-21)31(33,34)35)19-37-14-16-38(17-15-37)25-9-7-24(32)8-10-25/h2-11,18,39H,12-17,19H2,1H3. The summed E-state index contributed by atoms with van der Waals surface area (Å²) in [6, 6.07) is 16.2. The molecule has 3 aromatic carbocycles. The monoisotopic (exact) mass is 583 g/mol. The Morgan fingerprint density at radius 3 is 2.29 bits per heavy atom. The Balaban J connectivity index is 1.33. The van der Waals surface area contributed by atoms with Crippen LogP contribution in [-0.2, 0) is 19.1 Å². The van der Waals surface area contributed by atoms with Crippen molar-refractivity contribution in [2.75, 3.05) is 31.1 Å². The Kier molecular flexibility index (Phi) is 8.42. The molecule has 0 radical (unpaired) electrons. The van der Waals surface area contributed by atoms with Gasteiger partial charge in [-0.05, 0) is 73.5 Å². The average molecular weight is 584 g/mol. The van der Waals surface area contributed by atoms with Crippen molar-refractivity contribution in [1.29, 1.82) is 0 Å². The van der Waals surface area contributed by atoms with Crippen LogP contribution in [0.3, 0.4) is 0 Å². The summed E-state index contributed by atoms with van der Waals surface area (Å²) < 4.78 is 52.6. The molecule has 2 heterocycles. The highest BCUT2D eigenvalue weighted by Crippen LogP contribution is 2.34. The Labute approximate surface area is 239 Å². The van der Waals surface area contributed by atoms with Crippen molar-refractivity contribution in [3.05, 3.63) is 99.8 Å². The number of piperazine rings is 1. The zero-order chi connectivity index (χ0) is 29.1. The summed E-state index contributed by atoms with van der Waals surface area (Å²) in [5.74, 6) is -0.199. The highest BCUT2D eigenvalue weighted by molar-refractivity contribution is 7.15. The van der Waals surface area contributed by atoms with E-state index in [4.69, 9.17) is 4.98 Å². The zero-order valence-electron chi connectivity index (χ0n) is 22.4. The highest BCUT2D eigenvalue weighted by Gasteiger charge is 2.30. The van der Waals surface area contributed by atoms with E-state index in [1.807, 2.05) is 0 Å². The molecule has 1 aliphatic heterocycles. The van der Waals surface area contributed by atoms with Crippen molar-refractivity contribution in [2.45, 2.75) is 32.5 Å². The number of aromatic hydroxyl groups is 1. The van der Waals surface area contributed by atoms with Gasteiger partial charge in [-0.15, -0.1) is 11.3 Å². The van der Waals surface area contributed by atoms with E-state index < -0.39 is 11.7 Å². The number of phenolic OH excluding ortho intramolecular Hbond substituents is 1. The number of carbonyl (C=O) groups excluding carboxylic acids is 1. The predicted octanol–water partition coefficient (Wildman–Crippen LogP) is 7.12. The van der Waals surface area contributed by atoms with Crippen LogP contribution in [0.15, 0.2) is 66.7 Å². The predicted molar refractivity (Wildman–Crippen MR) is 152 cm³/mol. The normalized spacial score (nSPS) is 14.4. The van der Waals surface area contributed by atoms with Crippen molar-refractivity contribution in [3.8, 4) is 16.3 Å². The van der Waals surface area contributed by atoms with Crippen LogP contribution in [0.1, 0.15) is 38.5 Å². The molecule has 1 saturated heterocycles. The van der Waals surface area contributed by atoms with Crippen LogP contribution in [0.4, 0.5) is 23.2 Å². The van der Waals surface area contributed by atoms with Gasteiger partial charge in [0.15, 0.2) is 5.78 Å². The number of rotatable bonds is 8. The maximum absolute atomic E-state index is 13.3. The number of alkyl halides is 3. The van der Waals surface area contributed by atoms with E-state index >= 15 is 0 Å². The average Bonchev–Trinajstić information content (AvgIpc) is 3.36. The molecule has 0 aliphatic carbocycles. The largest absolute Gasteiger partial charge is 0.508 e. The molecule has 41 heavy (non-hydrogen) atoms. The number of phenols is 1. The molecule has 0 saturated carbocycles. The van der Waals surface area contributed by atoms with Crippen LogP contribution in [0.25, 0.3) is 10.6 Å². The van der Waals surface area contributed by atoms with Gasteiger partial charge in [-0.1, -0.05) is 12.1 Å². The molecule has 1 aliphatic rings. The number of halogens is 4. The van der Waals surface area contributed by atoms with Gasteiger partial charge in [0.2, 0.25) is 0 Å². The second-order valence-electron chi connectivity index (χ2n) is 10.1. The summed E-state index contributed by atoms with van der Waals surface area (Å²) in [5, 5.41) is 10.4. The van der Waals surface area contributed by atoms with E-state index in [-0.39, 0.29) is 23.8 Å². The van der Waals surface area contributed by atoms with Gasteiger partial charge < -0.3 is 10.0 Å². The molecule has 0 unspecified atom stereocenters. The fraction of sp³-hybridized carbons (Fsp3) is 0.290. The first kappa shape index (κ1) is 28.8. The van der Waals surface area contributed by atoms with Crippen LogP contribution in [0.2, 0.25) is 0 Å². The Bertz CT molecular complexity index is 1510. The Morgan fingerprint density at radius 2 is 1.66 bits per heavy atom. The third kappa shape index (κ3) is 6.94. The number of thiazole rings is 1. The first-order chi connectivity index (χ1) is 19.6.